The van der Waals surface area contributed by atoms with Gasteiger partial charge in [0.2, 0.25) is 0 Å². The molecule has 1 aliphatic carbocycles. The van der Waals surface area contributed by atoms with Crippen LogP contribution in [0.3, 0.4) is 0 Å². The quantitative estimate of drug-likeness (QED) is 0.762. The van der Waals surface area contributed by atoms with Crippen LogP contribution in [0.4, 0.5) is 0 Å². The van der Waals surface area contributed by atoms with Gasteiger partial charge in [-0.05, 0) is 54.7 Å². The van der Waals surface area contributed by atoms with Gasteiger partial charge >= 0.3 is 0 Å². The van der Waals surface area contributed by atoms with Crippen molar-refractivity contribution in [1.82, 2.24) is 0 Å². The first-order valence-electron chi connectivity index (χ1n) is 9.61. The van der Waals surface area contributed by atoms with Gasteiger partial charge in [0.05, 0.1) is 6.10 Å². The molecule has 134 valence electrons. The predicted octanol–water partition coefficient (Wildman–Crippen LogP) is 4.79. The molecule has 0 amide bonds. The summed E-state index contributed by atoms with van der Waals surface area (Å²) in [6.07, 6.45) is 5.73. The molecule has 4 atom stereocenters. The third-order valence-electron chi connectivity index (χ3n) is 6.35. The van der Waals surface area contributed by atoms with Crippen molar-refractivity contribution in [3.63, 3.8) is 0 Å². The lowest BCUT2D eigenvalue weighted by atomic mass is 9.63. The molecule has 0 aromatic heterocycles. The van der Waals surface area contributed by atoms with E-state index in [0.29, 0.717) is 18.1 Å². The first-order chi connectivity index (χ1) is 11.4. The van der Waals surface area contributed by atoms with E-state index >= 15 is 0 Å². The smallest absolute Gasteiger partial charge is 0.127 e. The molecule has 2 aliphatic rings. The van der Waals surface area contributed by atoms with Crippen molar-refractivity contribution in [3.05, 3.63) is 23.3 Å². The largest absolute Gasteiger partial charge is 0.508 e. The SMILES string of the molecule is CCCCCc1cc(O)c2c(c1)O[C@@]1(C(C)C)C[C@@H](O)C(C)[C@@H]2C1. The zero-order valence-corrected chi connectivity index (χ0v) is 15.5. The van der Waals surface area contributed by atoms with Crippen LogP contribution in [0, 0.1) is 11.8 Å². The van der Waals surface area contributed by atoms with Crippen molar-refractivity contribution >= 4 is 0 Å². The Hall–Kier alpha value is -1.22. The molecule has 1 saturated carbocycles. The molecule has 1 heterocycles. The first-order valence-corrected chi connectivity index (χ1v) is 9.61. The number of rotatable bonds is 5. The number of unbranched alkanes of at least 4 members (excludes halogenated alkanes) is 2. The van der Waals surface area contributed by atoms with Gasteiger partial charge in [0.15, 0.2) is 0 Å². The number of phenolic OH excluding ortho intramolecular Hbond substituents is 1. The molecule has 1 aromatic rings. The minimum absolute atomic E-state index is 0.149. The molecule has 0 radical (unpaired) electrons. The maximum Gasteiger partial charge on any atom is 0.127 e. The number of aryl methyl sites for hydroxylation is 1. The van der Waals surface area contributed by atoms with Crippen LogP contribution in [0.25, 0.3) is 0 Å². The van der Waals surface area contributed by atoms with Crippen molar-refractivity contribution < 1.29 is 14.9 Å². The Morgan fingerprint density at radius 2 is 2.00 bits per heavy atom. The van der Waals surface area contributed by atoms with Gasteiger partial charge in [0, 0.05) is 12.0 Å². The van der Waals surface area contributed by atoms with E-state index in [1.54, 1.807) is 0 Å². The second kappa shape index (κ2) is 6.59. The first kappa shape index (κ1) is 17.6. The van der Waals surface area contributed by atoms with Crippen LogP contribution in [0.2, 0.25) is 0 Å². The highest BCUT2D eigenvalue weighted by atomic mass is 16.5. The molecule has 1 aliphatic heterocycles. The molecule has 3 rings (SSSR count). The molecule has 2 bridgehead atoms. The number of hydrogen-bond acceptors (Lipinski definition) is 3. The monoisotopic (exact) mass is 332 g/mol. The lowest BCUT2D eigenvalue weighted by molar-refractivity contribution is -0.0989. The highest BCUT2D eigenvalue weighted by Gasteiger charge is 2.52. The number of aliphatic hydroxyl groups is 1. The highest BCUT2D eigenvalue weighted by molar-refractivity contribution is 5.52. The fraction of sp³-hybridized carbons (Fsp3) is 0.714. The predicted molar refractivity (Wildman–Crippen MR) is 96.7 cm³/mol. The maximum atomic E-state index is 10.7. The van der Waals surface area contributed by atoms with Crippen LogP contribution in [-0.4, -0.2) is 21.9 Å². The van der Waals surface area contributed by atoms with Gasteiger partial charge in [0.25, 0.3) is 0 Å². The summed E-state index contributed by atoms with van der Waals surface area (Å²) in [6, 6.07) is 4.05. The van der Waals surface area contributed by atoms with Crippen LogP contribution in [0.5, 0.6) is 11.5 Å². The van der Waals surface area contributed by atoms with E-state index in [1.807, 2.05) is 6.07 Å². The van der Waals surface area contributed by atoms with Crippen molar-refractivity contribution in [1.29, 1.82) is 0 Å². The van der Waals surface area contributed by atoms with E-state index in [1.165, 1.54) is 12.8 Å². The Morgan fingerprint density at radius 3 is 2.67 bits per heavy atom. The third-order valence-corrected chi connectivity index (χ3v) is 6.35. The summed E-state index contributed by atoms with van der Waals surface area (Å²) in [5, 5.41) is 21.2. The summed E-state index contributed by atoms with van der Waals surface area (Å²) >= 11 is 0. The lowest BCUT2D eigenvalue weighted by Gasteiger charge is -2.52. The van der Waals surface area contributed by atoms with Gasteiger partial charge < -0.3 is 14.9 Å². The van der Waals surface area contributed by atoms with Gasteiger partial charge in [-0.1, -0.05) is 40.5 Å². The van der Waals surface area contributed by atoms with Gasteiger partial charge in [-0.25, -0.2) is 0 Å². The minimum Gasteiger partial charge on any atom is -0.508 e. The summed E-state index contributed by atoms with van der Waals surface area (Å²) in [7, 11) is 0. The van der Waals surface area contributed by atoms with Crippen LogP contribution >= 0.6 is 0 Å². The van der Waals surface area contributed by atoms with Crippen molar-refractivity contribution in [3.8, 4) is 11.5 Å². The fourth-order valence-electron chi connectivity index (χ4n) is 4.55. The number of aliphatic hydroxyl groups excluding tert-OH is 1. The van der Waals surface area contributed by atoms with Gasteiger partial charge in [0.1, 0.15) is 17.1 Å². The number of fused-ring (bicyclic) bond motifs is 4. The lowest BCUT2D eigenvalue weighted by Crippen LogP contribution is -2.54. The second-order valence-corrected chi connectivity index (χ2v) is 8.25. The molecule has 3 nitrogen and oxygen atoms in total. The summed E-state index contributed by atoms with van der Waals surface area (Å²) in [4.78, 5) is 0. The van der Waals surface area contributed by atoms with E-state index < -0.39 is 0 Å². The Balaban J connectivity index is 1.99. The molecule has 2 N–H and O–H groups in total. The average Bonchev–Trinajstić information content (AvgIpc) is 2.52. The van der Waals surface area contributed by atoms with Crippen LogP contribution in [0.15, 0.2) is 12.1 Å². The topological polar surface area (TPSA) is 49.7 Å². The van der Waals surface area contributed by atoms with Crippen molar-refractivity contribution in [2.75, 3.05) is 0 Å². The van der Waals surface area contributed by atoms with Gasteiger partial charge in [-0.2, -0.15) is 0 Å². The van der Waals surface area contributed by atoms with Gasteiger partial charge in [-0.15, -0.1) is 0 Å². The zero-order valence-electron chi connectivity index (χ0n) is 15.5. The minimum atomic E-state index is -0.372. The Labute approximate surface area is 146 Å². The second-order valence-electron chi connectivity index (χ2n) is 8.25. The number of aromatic hydroxyl groups is 1. The summed E-state index contributed by atoms with van der Waals surface area (Å²) in [5.74, 6) is 1.86. The van der Waals surface area contributed by atoms with Crippen LogP contribution < -0.4 is 4.74 Å². The Bertz CT molecular complexity index is 595. The molecule has 24 heavy (non-hydrogen) atoms. The van der Waals surface area contributed by atoms with Crippen LogP contribution in [0.1, 0.15) is 76.8 Å². The molecule has 1 aromatic carbocycles. The van der Waals surface area contributed by atoms with E-state index in [9.17, 15) is 10.2 Å². The standard InChI is InChI=1S/C21H32O3/c1-5-6-7-8-15-9-17(22)20-16-11-21(13(2)3,24-19(20)10-15)12-18(23)14(16)4/h9-10,13-14,16,18,22-23H,5-8,11-12H2,1-4H3/t14?,16-,18+,21+/m0/s1. The maximum absolute atomic E-state index is 10.7. The Morgan fingerprint density at radius 1 is 1.25 bits per heavy atom. The number of hydrogen-bond donors (Lipinski definition) is 2. The average molecular weight is 332 g/mol. The fourth-order valence-corrected chi connectivity index (χ4v) is 4.55. The summed E-state index contributed by atoms with van der Waals surface area (Å²) in [6.45, 7) is 8.66. The highest BCUT2D eigenvalue weighted by Crippen LogP contribution is 2.56. The zero-order chi connectivity index (χ0) is 17.5. The number of benzene rings is 1. The number of ether oxygens (including phenoxy) is 1. The Kier molecular flexibility index (Phi) is 4.83. The molecule has 1 fully saturated rings. The molecule has 0 spiro atoms. The molecule has 1 unspecified atom stereocenters. The molecule has 0 saturated heterocycles. The molecule has 3 heteroatoms. The molecular formula is C21H32O3. The van der Waals surface area contributed by atoms with Crippen molar-refractivity contribution in [2.45, 2.75) is 83.8 Å². The van der Waals surface area contributed by atoms with E-state index in [0.717, 1.165) is 36.1 Å². The van der Waals surface area contributed by atoms with E-state index in [2.05, 4.69) is 33.8 Å². The normalized spacial score (nSPS) is 31.7. The van der Waals surface area contributed by atoms with E-state index in [4.69, 9.17) is 4.74 Å². The van der Waals surface area contributed by atoms with Gasteiger partial charge in [-0.3, -0.25) is 0 Å². The van der Waals surface area contributed by atoms with Crippen molar-refractivity contribution in [2.24, 2.45) is 11.8 Å². The van der Waals surface area contributed by atoms with E-state index in [-0.39, 0.29) is 23.5 Å². The van der Waals surface area contributed by atoms with Crippen LogP contribution in [-0.2, 0) is 6.42 Å². The summed E-state index contributed by atoms with van der Waals surface area (Å²) in [5.41, 5.74) is 1.77. The number of phenols is 1. The third kappa shape index (κ3) is 2.92. The molecular weight excluding hydrogens is 300 g/mol. The summed E-state index contributed by atoms with van der Waals surface area (Å²) < 4.78 is 6.48.